The summed E-state index contributed by atoms with van der Waals surface area (Å²) in [6, 6.07) is 0. The van der Waals surface area contributed by atoms with Gasteiger partial charge in [-0.1, -0.05) is 222 Å². The van der Waals surface area contributed by atoms with Gasteiger partial charge in [0, 0.05) is 19.3 Å². The molecule has 0 fully saturated rings. The molecule has 0 aromatic heterocycles. The van der Waals surface area contributed by atoms with Crippen LogP contribution < -0.4 is 0 Å². The lowest BCUT2D eigenvalue weighted by Gasteiger charge is -2.18. The summed E-state index contributed by atoms with van der Waals surface area (Å²) >= 11 is 0. The van der Waals surface area contributed by atoms with Crippen molar-refractivity contribution in [2.24, 2.45) is 0 Å². The second-order valence-corrected chi connectivity index (χ2v) is 18.5. The molecule has 0 heterocycles. The van der Waals surface area contributed by atoms with Crippen molar-refractivity contribution >= 4 is 17.9 Å². The molecule has 0 aromatic rings. The van der Waals surface area contributed by atoms with Crippen LogP contribution in [0.25, 0.3) is 0 Å². The molecule has 66 heavy (non-hydrogen) atoms. The van der Waals surface area contributed by atoms with Crippen molar-refractivity contribution in [2.75, 3.05) is 13.2 Å². The Hall–Kier alpha value is -3.15. The molecule has 0 spiro atoms. The number of carbonyl (C=O) groups excluding carboxylic acids is 3. The monoisotopic (exact) mass is 921 g/mol. The van der Waals surface area contributed by atoms with E-state index in [0.717, 1.165) is 103 Å². The maximum atomic E-state index is 12.8. The van der Waals surface area contributed by atoms with Crippen LogP contribution in [-0.2, 0) is 28.6 Å². The fraction of sp³-hybridized carbons (Fsp3) is 0.750. The smallest absolute Gasteiger partial charge is 0.306 e. The average Bonchev–Trinajstić information content (AvgIpc) is 3.31. The number of hydrogen-bond acceptors (Lipinski definition) is 6. The van der Waals surface area contributed by atoms with Gasteiger partial charge in [0.05, 0.1) is 0 Å². The molecule has 6 nitrogen and oxygen atoms in total. The Balaban J connectivity index is 4.22. The van der Waals surface area contributed by atoms with Crippen LogP contribution in [0.2, 0.25) is 0 Å². The predicted octanol–water partition coefficient (Wildman–Crippen LogP) is 18.6. The zero-order chi connectivity index (χ0) is 47.9. The third-order valence-electron chi connectivity index (χ3n) is 11.9. The van der Waals surface area contributed by atoms with Crippen molar-refractivity contribution < 1.29 is 28.6 Å². The lowest BCUT2D eigenvalue weighted by Crippen LogP contribution is -2.30. The van der Waals surface area contributed by atoms with Gasteiger partial charge in [-0.15, -0.1) is 0 Å². The van der Waals surface area contributed by atoms with Crippen molar-refractivity contribution in [3.63, 3.8) is 0 Å². The first-order valence-electron chi connectivity index (χ1n) is 27.9. The van der Waals surface area contributed by atoms with E-state index in [1.807, 2.05) is 0 Å². The number of unbranched alkanes of at least 4 members (excludes halogenated alkanes) is 27. The summed E-state index contributed by atoms with van der Waals surface area (Å²) in [6.45, 7) is 6.46. The number of ether oxygens (including phenoxy) is 3. The van der Waals surface area contributed by atoms with Gasteiger partial charge in [-0.05, 0) is 103 Å². The Morgan fingerprint density at radius 3 is 0.985 bits per heavy atom. The van der Waals surface area contributed by atoms with Gasteiger partial charge in [0.2, 0.25) is 0 Å². The van der Waals surface area contributed by atoms with Gasteiger partial charge in [0.1, 0.15) is 13.2 Å². The van der Waals surface area contributed by atoms with E-state index in [1.165, 1.54) is 128 Å². The number of allylic oxidation sites excluding steroid dienone is 12. The Morgan fingerprint density at radius 1 is 0.318 bits per heavy atom. The van der Waals surface area contributed by atoms with Crippen LogP contribution in [0.15, 0.2) is 72.9 Å². The average molecular weight is 921 g/mol. The molecule has 0 saturated heterocycles. The SMILES string of the molecule is CC/C=C\C/C=C\C/C=C\C/C=C\CCCCCCCCCCCCCCC(=O)OCC(COC(=O)CCCCCCC/C=C\CCCC)OC(=O)CCCCCCC/C=C\CCCCC. The maximum Gasteiger partial charge on any atom is 0.306 e. The second-order valence-electron chi connectivity index (χ2n) is 18.5. The Labute approximate surface area is 408 Å². The van der Waals surface area contributed by atoms with E-state index in [0.29, 0.717) is 19.3 Å². The highest BCUT2D eigenvalue weighted by Gasteiger charge is 2.19. The van der Waals surface area contributed by atoms with Crippen LogP contribution in [0.5, 0.6) is 0 Å². The molecule has 0 aliphatic heterocycles. The zero-order valence-corrected chi connectivity index (χ0v) is 43.4. The summed E-state index contributed by atoms with van der Waals surface area (Å²) in [5.74, 6) is -0.898. The standard InChI is InChI=1S/C60H104O6/c1-4-7-10-13-16-19-22-24-25-26-27-28-29-30-31-32-33-34-35-36-39-41-44-47-50-53-59(62)65-56-57(55-64-58(61)52-49-46-43-40-37-21-18-15-12-9-6-3)66-60(63)54-51-48-45-42-38-23-20-17-14-11-8-5-2/h7,10,15-20,24-25,27-28,57H,4-6,8-9,11-14,21-23,26,29-56H2,1-3H3/b10-7-,18-15-,19-16-,20-17-,25-24-,28-27-. The Morgan fingerprint density at radius 2 is 0.606 bits per heavy atom. The van der Waals surface area contributed by atoms with Crippen LogP contribution >= 0.6 is 0 Å². The fourth-order valence-electron chi connectivity index (χ4n) is 7.70. The van der Waals surface area contributed by atoms with Gasteiger partial charge in [-0.3, -0.25) is 14.4 Å². The highest BCUT2D eigenvalue weighted by molar-refractivity contribution is 5.71. The number of carbonyl (C=O) groups is 3. The van der Waals surface area contributed by atoms with Gasteiger partial charge in [0.25, 0.3) is 0 Å². The first-order valence-corrected chi connectivity index (χ1v) is 27.9. The van der Waals surface area contributed by atoms with E-state index in [9.17, 15) is 14.4 Å². The maximum absolute atomic E-state index is 12.8. The quantitative estimate of drug-likeness (QED) is 0.0262. The van der Waals surface area contributed by atoms with Gasteiger partial charge >= 0.3 is 17.9 Å². The topological polar surface area (TPSA) is 78.9 Å². The minimum absolute atomic E-state index is 0.0814. The van der Waals surface area contributed by atoms with E-state index >= 15 is 0 Å². The van der Waals surface area contributed by atoms with Crippen LogP contribution in [0.3, 0.4) is 0 Å². The largest absolute Gasteiger partial charge is 0.462 e. The zero-order valence-electron chi connectivity index (χ0n) is 43.4. The minimum Gasteiger partial charge on any atom is -0.462 e. The number of esters is 3. The lowest BCUT2D eigenvalue weighted by molar-refractivity contribution is -0.167. The lowest BCUT2D eigenvalue weighted by atomic mass is 10.0. The second kappa shape index (κ2) is 54.5. The van der Waals surface area contributed by atoms with Gasteiger partial charge in [-0.2, -0.15) is 0 Å². The third-order valence-corrected chi connectivity index (χ3v) is 11.9. The minimum atomic E-state index is -0.781. The highest BCUT2D eigenvalue weighted by atomic mass is 16.6. The normalized spacial score (nSPS) is 12.6. The fourth-order valence-corrected chi connectivity index (χ4v) is 7.70. The molecule has 0 aromatic carbocycles. The van der Waals surface area contributed by atoms with Crippen LogP contribution in [0.4, 0.5) is 0 Å². The van der Waals surface area contributed by atoms with E-state index < -0.39 is 6.10 Å². The van der Waals surface area contributed by atoms with Gasteiger partial charge in [0.15, 0.2) is 6.10 Å². The Bertz CT molecular complexity index is 1240. The molecule has 0 aliphatic rings. The number of hydrogen-bond donors (Lipinski definition) is 0. The third kappa shape index (κ3) is 51.8. The van der Waals surface area contributed by atoms with Crippen molar-refractivity contribution in [3.8, 4) is 0 Å². The molecule has 0 aliphatic carbocycles. The van der Waals surface area contributed by atoms with Crippen molar-refractivity contribution in [1.82, 2.24) is 0 Å². The summed E-state index contributed by atoms with van der Waals surface area (Å²) in [4.78, 5) is 38.0. The van der Waals surface area contributed by atoms with Gasteiger partial charge in [-0.25, -0.2) is 0 Å². The first-order chi connectivity index (χ1) is 32.5. The van der Waals surface area contributed by atoms with Crippen molar-refractivity contribution in [3.05, 3.63) is 72.9 Å². The molecule has 0 amide bonds. The molecular formula is C60H104O6. The molecule has 6 heteroatoms. The molecule has 0 rings (SSSR count). The molecule has 1 unspecified atom stereocenters. The molecule has 0 bridgehead atoms. The molecule has 380 valence electrons. The summed E-state index contributed by atoms with van der Waals surface area (Å²) in [5.41, 5.74) is 0. The first kappa shape index (κ1) is 62.8. The van der Waals surface area contributed by atoms with Gasteiger partial charge < -0.3 is 14.2 Å². The number of rotatable bonds is 50. The summed E-state index contributed by atoms with van der Waals surface area (Å²) in [7, 11) is 0. The highest BCUT2D eigenvalue weighted by Crippen LogP contribution is 2.15. The summed E-state index contributed by atoms with van der Waals surface area (Å²) in [6.07, 6.45) is 69.0. The molecular weight excluding hydrogens is 817 g/mol. The molecule has 1 atom stereocenters. The molecule has 0 radical (unpaired) electrons. The Kier molecular flexibility index (Phi) is 51.9. The molecule has 0 saturated carbocycles. The van der Waals surface area contributed by atoms with Crippen LogP contribution in [0, 0.1) is 0 Å². The molecule has 0 N–H and O–H groups in total. The summed E-state index contributed by atoms with van der Waals surface area (Å²) < 4.78 is 16.8. The van der Waals surface area contributed by atoms with Crippen molar-refractivity contribution in [1.29, 1.82) is 0 Å². The van der Waals surface area contributed by atoms with E-state index in [-0.39, 0.29) is 31.1 Å². The van der Waals surface area contributed by atoms with E-state index in [1.54, 1.807) is 0 Å². The van der Waals surface area contributed by atoms with E-state index in [4.69, 9.17) is 14.2 Å². The predicted molar refractivity (Wildman–Crippen MR) is 284 cm³/mol. The summed E-state index contributed by atoms with van der Waals surface area (Å²) in [5, 5.41) is 0. The van der Waals surface area contributed by atoms with Crippen LogP contribution in [-0.4, -0.2) is 37.2 Å². The van der Waals surface area contributed by atoms with E-state index in [2.05, 4.69) is 93.7 Å². The van der Waals surface area contributed by atoms with Crippen LogP contribution in [0.1, 0.15) is 271 Å². The van der Waals surface area contributed by atoms with Crippen molar-refractivity contribution in [2.45, 2.75) is 277 Å².